The number of rotatable bonds is 8. The number of para-hydroxylation sites is 1. The normalized spacial score (nSPS) is 11.8. The molecule has 0 fully saturated rings. The second-order valence-corrected chi connectivity index (χ2v) is 6.98. The lowest BCUT2D eigenvalue weighted by Gasteiger charge is -2.15. The second kappa shape index (κ2) is 10.1. The van der Waals surface area contributed by atoms with E-state index in [1.54, 1.807) is 24.3 Å². The Hall–Kier alpha value is -3.59. The molecule has 0 atom stereocenters. The molecule has 6 nitrogen and oxygen atoms in total. The predicted molar refractivity (Wildman–Crippen MR) is 114 cm³/mol. The summed E-state index contributed by atoms with van der Waals surface area (Å²) >= 11 is 6.10. The molecule has 0 unspecified atom stereocenters. The van der Waals surface area contributed by atoms with Gasteiger partial charge in [0.2, 0.25) is 0 Å². The van der Waals surface area contributed by atoms with Crippen molar-refractivity contribution in [2.75, 3.05) is 11.9 Å². The number of hydrogen-bond donors (Lipinski definition) is 2. The molecule has 3 aromatic rings. The molecule has 1 aromatic heterocycles. The molecule has 1 heterocycles. The minimum Gasteiger partial charge on any atom is -0.462 e. The lowest BCUT2D eigenvalue weighted by atomic mass is 10.1. The maximum Gasteiger partial charge on any atom is 0.432 e. The Morgan fingerprint density at radius 2 is 1.84 bits per heavy atom. The van der Waals surface area contributed by atoms with E-state index in [1.165, 1.54) is 36.7 Å². The third kappa shape index (κ3) is 6.21. The molecule has 0 aliphatic rings. The van der Waals surface area contributed by atoms with Crippen molar-refractivity contribution in [1.29, 1.82) is 5.41 Å². The molecule has 10 heteroatoms. The quantitative estimate of drug-likeness (QED) is 0.327. The van der Waals surface area contributed by atoms with Crippen LogP contribution in [0.5, 0.6) is 0 Å². The molecule has 2 N–H and O–H groups in total. The minimum absolute atomic E-state index is 0.00667. The standard InChI is InChI=1S/C22H17ClF3N3O3/c23-17-3-1-2-4-18(17)29-19(11-20(27)22(24,25)26)15-5-7-16(8-6-15)21(30)31-10-9-14-12-28-32-13-14/h1-8,11-13,27,29H,9-10H2/b19-11-,27-20?. The minimum atomic E-state index is -4.82. The van der Waals surface area contributed by atoms with E-state index >= 15 is 0 Å². The predicted octanol–water partition coefficient (Wildman–Crippen LogP) is 5.76. The summed E-state index contributed by atoms with van der Waals surface area (Å²) in [6.45, 7) is 0.115. The highest BCUT2D eigenvalue weighted by molar-refractivity contribution is 6.33. The van der Waals surface area contributed by atoms with Crippen molar-refractivity contribution in [3.8, 4) is 0 Å². The molecule has 0 bridgehead atoms. The summed E-state index contributed by atoms with van der Waals surface area (Å²) in [6.07, 6.45) is -0.763. The van der Waals surface area contributed by atoms with Gasteiger partial charge in [0.1, 0.15) is 12.0 Å². The number of allylic oxidation sites excluding steroid dienone is 1. The first-order chi connectivity index (χ1) is 15.2. The van der Waals surface area contributed by atoms with Crippen LogP contribution in [-0.4, -0.2) is 29.6 Å². The fourth-order valence-electron chi connectivity index (χ4n) is 2.61. The van der Waals surface area contributed by atoms with Crippen LogP contribution >= 0.6 is 11.6 Å². The smallest absolute Gasteiger partial charge is 0.432 e. The first-order valence-electron chi connectivity index (χ1n) is 9.29. The molecular weight excluding hydrogens is 447 g/mol. The Labute approximate surface area is 186 Å². The van der Waals surface area contributed by atoms with Gasteiger partial charge in [-0.15, -0.1) is 0 Å². The third-order valence-corrected chi connectivity index (χ3v) is 4.61. The highest BCUT2D eigenvalue weighted by atomic mass is 35.5. The zero-order valence-electron chi connectivity index (χ0n) is 16.4. The van der Waals surface area contributed by atoms with Gasteiger partial charge in [0.25, 0.3) is 0 Å². The molecule has 0 aliphatic carbocycles. The summed E-state index contributed by atoms with van der Waals surface area (Å²) in [7, 11) is 0. The van der Waals surface area contributed by atoms with Crippen LogP contribution in [0.15, 0.2) is 71.6 Å². The van der Waals surface area contributed by atoms with Crippen molar-refractivity contribution in [1.82, 2.24) is 5.16 Å². The van der Waals surface area contributed by atoms with Crippen molar-refractivity contribution in [2.24, 2.45) is 0 Å². The van der Waals surface area contributed by atoms with E-state index in [0.29, 0.717) is 28.8 Å². The van der Waals surface area contributed by atoms with Gasteiger partial charge in [-0.25, -0.2) is 4.79 Å². The Morgan fingerprint density at radius 1 is 1.16 bits per heavy atom. The molecule has 0 aliphatic heterocycles. The first-order valence-corrected chi connectivity index (χ1v) is 9.66. The van der Waals surface area contributed by atoms with E-state index in [1.807, 2.05) is 0 Å². The summed E-state index contributed by atoms with van der Waals surface area (Å²) in [5.74, 6) is -0.583. The van der Waals surface area contributed by atoms with Crippen molar-refractivity contribution in [3.63, 3.8) is 0 Å². The molecule has 0 amide bonds. The summed E-state index contributed by atoms with van der Waals surface area (Å²) in [5, 5.41) is 14.0. The fourth-order valence-corrected chi connectivity index (χ4v) is 2.79. The van der Waals surface area contributed by atoms with Gasteiger partial charge in [-0.2, -0.15) is 13.2 Å². The topological polar surface area (TPSA) is 88.2 Å². The van der Waals surface area contributed by atoms with Crippen LogP contribution in [0.3, 0.4) is 0 Å². The highest BCUT2D eigenvalue weighted by Gasteiger charge is 2.33. The Bertz CT molecular complexity index is 1110. The van der Waals surface area contributed by atoms with E-state index in [0.717, 1.165) is 5.56 Å². The lowest BCUT2D eigenvalue weighted by molar-refractivity contribution is -0.0583. The van der Waals surface area contributed by atoms with Crippen molar-refractivity contribution in [3.05, 3.63) is 88.8 Å². The zero-order chi connectivity index (χ0) is 23.1. The average molecular weight is 464 g/mol. The van der Waals surface area contributed by atoms with Crippen LogP contribution in [-0.2, 0) is 11.2 Å². The molecule has 32 heavy (non-hydrogen) atoms. The first kappa shape index (κ1) is 23.1. The average Bonchev–Trinajstić information content (AvgIpc) is 3.27. The van der Waals surface area contributed by atoms with Gasteiger partial charge in [0, 0.05) is 17.7 Å². The number of ether oxygens (including phenoxy) is 1. The summed E-state index contributed by atoms with van der Waals surface area (Å²) < 4.78 is 48.7. The van der Waals surface area contributed by atoms with E-state index in [9.17, 15) is 18.0 Å². The Kier molecular flexibility index (Phi) is 7.32. The van der Waals surface area contributed by atoms with Gasteiger partial charge in [0.15, 0.2) is 0 Å². The van der Waals surface area contributed by atoms with Crippen molar-refractivity contribution >= 4 is 34.7 Å². The van der Waals surface area contributed by atoms with E-state index in [2.05, 4.69) is 10.5 Å². The van der Waals surface area contributed by atoms with Gasteiger partial charge in [-0.05, 0) is 35.9 Å². The van der Waals surface area contributed by atoms with E-state index < -0.39 is 17.9 Å². The largest absolute Gasteiger partial charge is 0.462 e. The molecule has 0 saturated carbocycles. The van der Waals surface area contributed by atoms with Gasteiger partial charge in [-0.1, -0.05) is 41.0 Å². The van der Waals surface area contributed by atoms with Gasteiger partial charge in [-0.3, -0.25) is 5.41 Å². The molecule has 3 rings (SSSR count). The molecule has 0 saturated heterocycles. The van der Waals surface area contributed by atoms with Crippen molar-refractivity contribution in [2.45, 2.75) is 12.6 Å². The number of hydrogen-bond acceptors (Lipinski definition) is 6. The van der Waals surface area contributed by atoms with Crippen LogP contribution < -0.4 is 5.32 Å². The third-order valence-electron chi connectivity index (χ3n) is 4.28. The number of benzene rings is 2. The molecule has 166 valence electrons. The molecular formula is C22H17ClF3N3O3. The van der Waals surface area contributed by atoms with Crippen LogP contribution in [0.4, 0.5) is 18.9 Å². The van der Waals surface area contributed by atoms with E-state index in [-0.39, 0.29) is 17.9 Å². The second-order valence-electron chi connectivity index (χ2n) is 6.57. The number of halogens is 4. The summed E-state index contributed by atoms with van der Waals surface area (Å²) in [4.78, 5) is 12.2. The number of alkyl halides is 3. The zero-order valence-corrected chi connectivity index (χ0v) is 17.2. The number of esters is 1. The summed E-state index contributed by atoms with van der Waals surface area (Å²) in [6, 6.07) is 12.3. The maximum absolute atomic E-state index is 12.9. The molecule has 0 spiro atoms. The Balaban J connectivity index is 1.77. The lowest BCUT2D eigenvalue weighted by Crippen LogP contribution is -2.20. The monoisotopic (exact) mass is 463 g/mol. The van der Waals surface area contributed by atoms with Crippen LogP contribution in [0.25, 0.3) is 5.70 Å². The number of nitrogens with zero attached hydrogens (tertiary/aromatic N) is 1. The SMILES string of the molecule is N=C(/C=C(\Nc1ccccc1Cl)c1ccc(C(=O)OCCc2cnoc2)cc1)C(F)(F)F. The maximum atomic E-state index is 12.9. The van der Waals surface area contributed by atoms with E-state index in [4.69, 9.17) is 26.3 Å². The number of nitrogens with one attached hydrogen (secondary N) is 2. The van der Waals surface area contributed by atoms with Crippen LogP contribution in [0.2, 0.25) is 5.02 Å². The number of carbonyl (C=O) groups is 1. The Morgan fingerprint density at radius 3 is 2.47 bits per heavy atom. The molecule has 0 radical (unpaired) electrons. The number of anilines is 1. The number of aromatic nitrogens is 1. The van der Waals surface area contributed by atoms with Gasteiger partial charge < -0.3 is 14.6 Å². The van der Waals surface area contributed by atoms with Gasteiger partial charge >= 0.3 is 12.1 Å². The van der Waals surface area contributed by atoms with Crippen LogP contribution in [0, 0.1) is 5.41 Å². The van der Waals surface area contributed by atoms with Crippen LogP contribution in [0.1, 0.15) is 21.5 Å². The number of carbonyl (C=O) groups excluding carboxylic acids is 1. The fraction of sp³-hybridized carbons (Fsp3) is 0.136. The van der Waals surface area contributed by atoms with Crippen molar-refractivity contribution < 1.29 is 27.2 Å². The van der Waals surface area contributed by atoms with Gasteiger partial charge in [0.05, 0.1) is 29.1 Å². The molecule has 2 aromatic carbocycles. The highest BCUT2D eigenvalue weighted by Crippen LogP contribution is 2.27. The summed E-state index contributed by atoms with van der Waals surface area (Å²) in [5.41, 5.74) is 0.146.